The van der Waals surface area contributed by atoms with Gasteiger partial charge in [0.1, 0.15) is 5.70 Å². The minimum Gasteiger partial charge on any atom is -0.395 e. The topological polar surface area (TPSA) is 64.1 Å². The Morgan fingerprint density at radius 2 is 1.56 bits per heavy atom. The Kier molecular flexibility index (Phi) is 6.72. The normalized spacial score (nSPS) is 17.6. The summed E-state index contributed by atoms with van der Waals surface area (Å²) in [6.07, 6.45) is 0.635. The fourth-order valence-corrected chi connectivity index (χ4v) is 4.44. The van der Waals surface area contributed by atoms with Crippen molar-refractivity contribution in [3.05, 3.63) is 76.5 Å². The number of aliphatic hydroxyl groups excluding tert-OH is 1. The van der Waals surface area contributed by atoms with E-state index in [-0.39, 0.29) is 18.4 Å². The van der Waals surface area contributed by atoms with Crippen molar-refractivity contribution in [2.24, 2.45) is 0 Å². The molecule has 4 rings (SSSR count). The molecule has 6 heteroatoms. The first-order valence-corrected chi connectivity index (χ1v) is 11.3. The summed E-state index contributed by atoms with van der Waals surface area (Å²) >= 11 is 0. The van der Waals surface area contributed by atoms with Crippen LogP contribution >= 0.6 is 0 Å². The number of rotatable bonds is 7. The van der Waals surface area contributed by atoms with Gasteiger partial charge in [-0.3, -0.25) is 19.4 Å². The second kappa shape index (κ2) is 9.67. The molecule has 0 spiro atoms. The molecular weight excluding hydrogens is 402 g/mol. The van der Waals surface area contributed by atoms with Crippen molar-refractivity contribution in [2.75, 3.05) is 45.9 Å². The van der Waals surface area contributed by atoms with Crippen molar-refractivity contribution >= 4 is 17.4 Å². The van der Waals surface area contributed by atoms with Crippen LogP contribution in [0.5, 0.6) is 0 Å². The molecule has 0 unspecified atom stereocenters. The van der Waals surface area contributed by atoms with Gasteiger partial charge in [-0.25, -0.2) is 0 Å². The van der Waals surface area contributed by atoms with Crippen molar-refractivity contribution in [1.29, 1.82) is 0 Å². The van der Waals surface area contributed by atoms with E-state index in [1.165, 1.54) is 4.90 Å². The predicted octanol–water partition coefficient (Wildman–Crippen LogP) is 2.24. The van der Waals surface area contributed by atoms with Crippen LogP contribution < -0.4 is 0 Å². The number of hydrogen-bond acceptors (Lipinski definition) is 5. The number of β-amino-alcohol motifs (C(OH)–C–C–N with tert-alkyl or cyclic N) is 1. The van der Waals surface area contributed by atoms with Crippen molar-refractivity contribution in [1.82, 2.24) is 14.7 Å². The molecule has 2 amide bonds. The SMILES string of the molecule is Cc1ccc(C2=C(N3CCN(CCO)CC3)C(=O)N(CCc3ccccc3)C2=O)cc1C. The molecule has 0 radical (unpaired) electrons. The molecule has 0 aromatic heterocycles. The van der Waals surface area contributed by atoms with Gasteiger partial charge in [0.05, 0.1) is 12.2 Å². The Bertz CT molecular complexity index is 1020. The summed E-state index contributed by atoms with van der Waals surface area (Å²) in [5.41, 5.74) is 5.21. The van der Waals surface area contributed by atoms with Crippen LogP contribution in [-0.2, 0) is 16.0 Å². The summed E-state index contributed by atoms with van der Waals surface area (Å²) in [5, 5.41) is 9.23. The minimum atomic E-state index is -0.207. The third-order valence-electron chi connectivity index (χ3n) is 6.51. The standard InChI is InChI=1S/C26H31N3O3/c1-19-8-9-22(18-20(19)2)23-24(28-14-12-27(13-15-28)16-17-30)26(32)29(25(23)31)11-10-21-6-4-3-5-7-21/h3-9,18,30H,10-17H2,1-2H3. The minimum absolute atomic E-state index is 0.126. The maximum absolute atomic E-state index is 13.5. The predicted molar refractivity (Wildman–Crippen MR) is 125 cm³/mol. The van der Waals surface area contributed by atoms with Gasteiger partial charge in [-0.2, -0.15) is 0 Å². The first-order chi connectivity index (χ1) is 15.5. The molecule has 2 aliphatic rings. The zero-order valence-corrected chi connectivity index (χ0v) is 18.9. The first-order valence-electron chi connectivity index (χ1n) is 11.3. The zero-order valence-electron chi connectivity index (χ0n) is 18.9. The molecule has 1 fully saturated rings. The summed E-state index contributed by atoms with van der Waals surface area (Å²) in [5.74, 6) is -0.406. The summed E-state index contributed by atoms with van der Waals surface area (Å²) in [6.45, 7) is 8.04. The molecule has 2 aromatic carbocycles. The van der Waals surface area contributed by atoms with Gasteiger partial charge >= 0.3 is 0 Å². The molecule has 2 aromatic rings. The largest absolute Gasteiger partial charge is 0.395 e. The molecule has 0 saturated carbocycles. The second-order valence-corrected chi connectivity index (χ2v) is 8.57. The fourth-order valence-electron chi connectivity index (χ4n) is 4.44. The van der Waals surface area contributed by atoms with Crippen molar-refractivity contribution in [2.45, 2.75) is 20.3 Å². The number of benzene rings is 2. The number of aryl methyl sites for hydroxylation is 2. The smallest absolute Gasteiger partial charge is 0.277 e. The summed E-state index contributed by atoms with van der Waals surface area (Å²) in [4.78, 5) is 32.7. The van der Waals surface area contributed by atoms with Gasteiger partial charge < -0.3 is 10.0 Å². The lowest BCUT2D eigenvalue weighted by Gasteiger charge is -2.36. The van der Waals surface area contributed by atoms with E-state index in [0.29, 0.717) is 43.9 Å². The Morgan fingerprint density at radius 3 is 2.22 bits per heavy atom. The average Bonchev–Trinajstić information content (AvgIpc) is 3.05. The van der Waals surface area contributed by atoms with Gasteiger partial charge in [-0.05, 0) is 42.5 Å². The van der Waals surface area contributed by atoms with Gasteiger partial charge in [0.2, 0.25) is 0 Å². The quantitative estimate of drug-likeness (QED) is 0.679. The van der Waals surface area contributed by atoms with Gasteiger partial charge in [0, 0.05) is 39.3 Å². The maximum atomic E-state index is 13.5. The van der Waals surface area contributed by atoms with E-state index in [1.54, 1.807) is 0 Å². The van der Waals surface area contributed by atoms with Crippen molar-refractivity contribution in [3.8, 4) is 0 Å². The molecule has 1 saturated heterocycles. The lowest BCUT2D eigenvalue weighted by atomic mass is 9.99. The number of piperazine rings is 1. The molecule has 0 aliphatic carbocycles. The van der Waals surface area contributed by atoms with Crippen LogP contribution in [0.25, 0.3) is 5.57 Å². The van der Waals surface area contributed by atoms with Gasteiger partial charge in [-0.15, -0.1) is 0 Å². The van der Waals surface area contributed by atoms with Crippen LogP contribution in [0.1, 0.15) is 22.3 Å². The molecule has 2 aliphatic heterocycles. The molecule has 0 bridgehead atoms. The number of amides is 2. The Labute approximate surface area is 189 Å². The number of carbonyl (C=O) groups is 2. The second-order valence-electron chi connectivity index (χ2n) is 8.57. The highest BCUT2D eigenvalue weighted by Gasteiger charge is 2.41. The number of nitrogens with zero attached hydrogens (tertiary/aromatic N) is 3. The van der Waals surface area contributed by atoms with E-state index in [0.717, 1.165) is 35.3 Å². The lowest BCUT2D eigenvalue weighted by Crippen LogP contribution is -2.48. The molecule has 32 heavy (non-hydrogen) atoms. The number of hydrogen-bond donors (Lipinski definition) is 1. The highest BCUT2D eigenvalue weighted by atomic mass is 16.3. The Hall–Kier alpha value is -2.96. The lowest BCUT2D eigenvalue weighted by molar-refractivity contribution is -0.137. The van der Waals surface area contributed by atoms with Crippen LogP contribution in [0.3, 0.4) is 0 Å². The number of imide groups is 1. The molecule has 6 nitrogen and oxygen atoms in total. The van der Waals surface area contributed by atoms with Crippen molar-refractivity contribution < 1.29 is 14.7 Å². The van der Waals surface area contributed by atoms with E-state index in [9.17, 15) is 14.7 Å². The van der Waals surface area contributed by atoms with E-state index < -0.39 is 0 Å². The van der Waals surface area contributed by atoms with E-state index >= 15 is 0 Å². The average molecular weight is 434 g/mol. The van der Waals surface area contributed by atoms with Gasteiger partial charge in [-0.1, -0.05) is 48.5 Å². The van der Waals surface area contributed by atoms with Crippen molar-refractivity contribution in [3.63, 3.8) is 0 Å². The Morgan fingerprint density at radius 1 is 0.844 bits per heavy atom. The van der Waals surface area contributed by atoms with Crippen LogP contribution in [0, 0.1) is 13.8 Å². The Balaban J connectivity index is 1.64. The zero-order chi connectivity index (χ0) is 22.7. The summed E-state index contributed by atoms with van der Waals surface area (Å²) in [6, 6.07) is 15.9. The maximum Gasteiger partial charge on any atom is 0.277 e. The highest BCUT2D eigenvalue weighted by molar-refractivity contribution is 6.35. The van der Waals surface area contributed by atoms with E-state index in [2.05, 4.69) is 9.80 Å². The summed E-state index contributed by atoms with van der Waals surface area (Å²) in [7, 11) is 0. The monoisotopic (exact) mass is 433 g/mol. The van der Waals surface area contributed by atoms with Gasteiger partial charge in [0.15, 0.2) is 0 Å². The van der Waals surface area contributed by atoms with Crippen LogP contribution in [0.2, 0.25) is 0 Å². The van der Waals surface area contributed by atoms with Crippen LogP contribution in [0.4, 0.5) is 0 Å². The molecule has 168 valence electrons. The molecule has 2 heterocycles. The first kappa shape index (κ1) is 22.2. The van der Waals surface area contributed by atoms with E-state index in [1.807, 2.05) is 62.4 Å². The number of aliphatic hydroxyl groups is 1. The third-order valence-corrected chi connectivity index (χ3v) is 6.51. The third kappa shape index (κ3) is 4.47. The highest BCUT2D eigenvalue weighted by Crippen LogP contribution is 2.33. The molecular formula is C26H31N3O3. The molecule has 1 N–H and O–H groups in total. The number of carbonyl (C=O) groups excluding carboxylic acids is 2. The van der Waals surface area contributed by atoms with Gasteiger partial charge in [0.25, 0.3) is 11.8 Å². The van der Waals surface area contributed by atoms with Crippen LogP contribution in [-0.4, -0.2) is 77.5 Å². The molecule has 0 atom stereocenters. The fraction of sp³-hybridized carbons (Fsp3) is 0.385. The van der Waals surface area contributed by atoms with Crippen LogP contribution in [0.15, 0.2) is 54.2 Å². The summed E-state index contributed by atoms with van der Waals surface area (Å²) < 4.78 is 0. The van der Waals surface area contributed by atoms with E-state index in [4.69, 9.17) is 0 Å².